The Morgan fingerprint density at radius 1 is 1.21 bits per heavy atom. The second-order valence-electron chi connectivity index (χ2n) is 4.14. The van der Waals surface area contributed by atoms with Crippen molar-refractivity contribution in [3.05, 3.63) is 77.3 Å². The van der Waals surface area contributed by atoms with Crippen molar-refractivity contribution >= 4 is 11.6 Å². The van der Waals surface area contributed by atoms with Crippen molar-refractivity contribution in [1.29, 1.82) is 0 Å². The summed E-state index contributed by atoms with van der Waals surface area (Å²) < 4.78 is 5.65. The van der Waals surface area contributed by atoms with E-state index in [4.69, 9.17) is 16.3 Å². The van der Waals surface area contributed by atoms with Gasteiger partial charge in [0.25, 0.3) is 0 Å². The second-order valence-corrected chi connectivity index (χ2v) is 4.55. The Morgan fingerprint density at radius 3 is 2.58 bits per heavy atom. The van der Waals surface area contributed by atoms with Gasteiger partial charge < -0.3 is 9.84 Å². The summed E-state index contributed by atoms with van der Waals surface area (Å²) in [5.74, 6) is 0.602. The van der Waals surface area contributed by atoms with E-state index in [0.717, 1.165) is 5.56 Å². The number of hydrogen-bond acceptors (Lipinski definition) is 2. The van der Waals surface area contributed by atoms with Gasteiger partial charge in [-0.2, -0.15) is 0 Å². The van der Waals surface area contributed by atoms with Crippen LogP contribution in [0.1, 0.15) is 17.2 Å². The van der Waals surface area contributed by atoms with Crippen molar-refractivity contribution in [2.24, 2.45) is 0 Å². The fraction of sp³-hybridized carbons (Fsp3) is 0.125. The summed E-state index contributed by atoms with van der Waals surface area (Å²) in [5, 5.41) is 10.1. The van der Waals surface area contributed by atoms with E-state index < -0.39 is 6.10 Å². The zero-order valence-electron chi connectivity index (χ0n) is 10.4. The Bertz CT molecular complexity index is 552. The van der Waals surface area contributed by atoms with Gasteiger partial charge in [-0.1, -0.05) is 54.1 Å². The van der Waals surface area contributed by atoms with Gasteiger partial charge in [-0.05, 0) is 23.3 Å². The summed E-state index contributed by atoms with van der Waals surface area (Å²) in [4.78, 5) is 0. The molecule has 0 amide bonds. The molecule has 98 valence electrons. The molecule has 0 spiro atoms. The number of rotatable bonds is 5. The van der Waals surface area contributed by atoms with Crippen molar-refractivity contribution < 1.29 is 9.84 Å². The lowest BCUT2D eigenvalue weighted by atomic mass is 10.1. The maximum absolute atomic E-state index is 9.63. The van der Waals surface area contributed by atoms with Gasteiger partial charge >= 0.3 is 0 Å². The maximum Gasteiger partial charge on any atom is 0.138 e. The number of aliphatic hydroxyl groups is 1. The van der Waals surface area contributed by atoms with Gasteiger partial charge in [-0.25, -0.2) is 0 Å². The molecule has 0 saturated carbocycles. The Kier molecular flexibility index (Phi) is 4.61. The summed E-state index contributed by atoms with van der Waals surface area (Å²) in [5.41, 5.74) is 1.78. The number of halogens is 1. The normalized spacial score (nSPS) is 11.9. The van der Waals surface area contributed by atoms with Crippen LogP contribution in [-0.4, -0.2) is 5.11 Å². The molecule has 1 atom stereocenters. The highest BCUT2D eigenvalue weighted by molar-refractivity contribution is 6.32. The fourth-order valence-electron chi connectivity index (χ4n) is 1.69. The van der Waals surface area contributed by atoms with E-state index >= 15 is 0 Å². The zero-order valence-corrected chi connectivity index (χ0v) is 11.2. The SMILES string of the molecule is C=CC(O)c1ccc(OCc2ccccc2)c(Cl)c1. The number of ether oxygens (including phenoxy) is 1. The molecule has 0 aromatic heterocycles. The number of aliphatic hydroxyl groups excluding tert-OH is 1. The van der Waals surface area contributed by atoms with Crippen LogP contribution < -0.4 is 4.74 Å². The smallest absolute Gasteiger partial charge is 0.138 e. The average Bonchev–Trinajstić information content (AvgIpc) is 2.46. The fourth-order valence-corrected chi connectivity index (χ4v) is 1.93. The van der Waals surface area contributed by atoms with Crippen LogP contribution in [0.4, 0.5) is 0 Å². The van der Waals surface area contributed by atoms with Gasteiger partial charge in [0.1, 0.15) is 12.4 Å². The van der Waals surface area contributed by atoms with Crippen molar-refractivity contribution in [2.45, 2.75) is 12.7 Å². The van der Waals surface area contributed by atoms with Crippen LogP contribution in [-0.2, 0) is 6.61 Å². The van der Waals surface area contributed by atoms with E-state index in [1.54, 1.807) is 18.2 Å². The van der Waals surface area contributed by atoms with Crippen molar-refractivity contribution in [3.8, 4) is 5.75 Å². The highest BCUT2D eigenvalue weighted by atomic mass is 35.5. The maximum atomic E-state index is 9.63. The Balaban J connectivity index is 2.07. The molecule has 2 aromatic carbocycles. The average molecular weight is 275 g/mol. The van der Waals surface area contributed by atoms with Crippen molar-refractivity contribution in [1.82, 2.24) is 0 Å². The first-order valence-electron chi connectivity index (χ1n) is 5.97. The Labute approximate surface area is 117 Å². The molecule has 2 nitrogen and oxygen atoms in total. The molecule has 0 fully saturated rings. The molecule has 2 aromatic rings. The van der Waals surface area contributed by atoms with Crippen molar-refractivity contribution in [3.63, 3.8) is 0 Å². The van der Waals surface area contributed by atoms with Crippen molar-refractivity contribution in [2.75, 3.05) is 0 Å². The van der Waals surface area contributed by atoms with Crippen LogP contribution in [0.2, 0.25) is 5.02 Å². The standard InChI is InChI=1S/C16H15ClO2/c1-2-15(18)13-8-9-16(14(17)10-13)19-11-12-6-4-3-5-7-12/h2-10,15,18H,1,11H2. The molecule has 0 aliphatic carbocycles. The van der Waals surface area contributed by atoms with E-state index in [-0.39, 0.29) is 0 Å². The number of hydrogen-bond donors (Lipinski definition) is 1. The third-order valence-corrected chi connectivity index (χ3v) is 3.05. The van der Waals surface area contributed by atoms with Gasteiger partial charge in [0.05, 0.1) is 11.1 Å². The summed E-state index contributed by atoms with van der Waals surface area (Å²) in [6, 6.07) is 15.1. The van der Waals surface area contributed by atoms with Gasteiger partial charge in [-0.15, -0.1) is 6.58 Å². The van der Waals surface area contributed by atoms with Crippen LogP contribution in [0.5, 0.6) is 5.75 Å². The first-order valence-corrected chi connectivity index (χ1v) is 6.35. The van der Waals surface area contributed by atoms with E-state index in [1.807, 2.05) is 30.3 Å². The predicted molar refractivity (Wildman–Crippen MR) is 77.4 cm³/mol. The van der Waals surface area contributed by atoms with Crippen LogP contribution in [0.3, 0.4) is 0 Å². The first kappa shape index (κ1) is 13.7. The van der Waals surface area contributed by atoms with E-state index in [1.165, 1.54) is 6.08 Å². The lowest BCUT2D eigenvalue weighted by Gasteiger charge is -2.11. The molecule has 0 radical (unpaired) electrons. The minimum atomic E-state index is -0.708. The molecule has 0 heterocycles. The lowest BCUT2D eigenvalue weighted by molar-refractivity contribution is 0.229. The lowest BCUT2D eigenvalue weighted by Crippen LogP contribution is -1.97. The minimum absolute atomic E-state index is 0.462. The monoisotopic (exact) mass is 274 g/mol. The van der Waals surface area contributed by atoms with Crippen LogP contribution in [0.25, 0.3) is 0 Å². The summed E-state index contributed by atoms with van der Waals surface area (Å²) in [7, 11) is 0. The zero-order chi connectivity index (χ0) is 13.7. The van der Waals surface area contributed by atoms with Crippen LogP contribution in [0.15, 0.2) is 61.2 Å². The van der Waals surface area contributed by atoms with E-state index in [2.05, 4.69) is 6.58 Å². The molecule has 0 aliphatic heterocycles. The third-order valence-electron chi connectivity index (χ3n) is 2.76. The largest absolute Gasteiger partial charge is 0.487 e. The van der Waals surface area contributed by atoms with Crippen LogP contribution >= 0.6 is 11.6 Å². The van der Waals surface area contributed by atoms with Gasteiger partial charge in [0.15, 0.2) is 0 Å². The molecule has 0 saturated heterocycles. The second kappa shape index (κ2) is 6.41. The molecule has 2 rings (SSSR count). The Morgan fingerprint density at radius 2 is 1.95 bits per heavy atom. The highest BCUT2D eigenvalue weighted by Gasteiger charge is 2.07. The number of benzene rings is 2. The predicted octanol–water partition coefficient (Wildman–Crippen LogP) is 4.14. The van der Waals surface area contributed by atoms with Crippen LogP contribution in [0, 0.1) is 0 Å². The van der Waals surface area contributed by atoms with Gasteiger partial charge in [0.2, 0.25) is 0 Å². The first-order chi connectivity index (χ1) is 9.20. The molecule has 19 heavy (non-hydrogen) atoms. The van der Waals surface area contributed by atoms with E-state index in [9.17, 15) is 5.11 Å². The minimum Gasteiger partial charge on any atom is -0.487 e. The molecule has 1 unspecified atom stereocenters. The molecule has 3 heteroatoms. The molecule has 1 N–H and O–H groups in total. The topological polar surface area (TPSA) is 29.5 Å². The highest BCUT2D eigenvalue weighted by Crippen LogP contribution is 2.28. The quantitative estimate of drug-likeness (QED) is 0.831. The molecule has 0 aliphatic rings. The summed E-state index contributed by atoms with van der Waals surface area (Å²) in [6.07, 6.45) is 0.747. The third kappa shape index (κ3) is 3.60. The van der Waals surface area contributed by atoms with E-state index in [0.29, 0.717) is 22.9 Å². The Hall–Kier alpha value is -1.77. The summed E-state index contributed by atoms with van der Waals surface area (Å²) in [6.45, 7) is 4.00. The van der Waals surface area contributed by atoms with Gasteiger partial charge in [-0.3, -0.25) is 0 Å². The summed E-state index contributed by atoms with van der Waals surface area (Å²) >= 11 is 6.13. The molecule has 0 bridgehead atoms. The molecular formula is C16H15ClO2. The molecular weight excluding hydrogens is 260 g/mol. The van der Waals surface area contributed by atoms with Gasteiger partial charge in [0, 0.05) is 0 Å².